The van der Waals surface area contributed by atoms with E-state index in [-0.39, 0.29) is 0 Å². The zero-order valence-electron chi connectivity index (χ0n) is 5.05. The molecule has 0 spiro atoms. The standard InChI is InChI=1S/C6H7O.K/c7-6-4-2-1-3-5-6;/h1-2,4H,3,5H2;. The average molecular weight is 134 g/mol. The van der Waals surface area contributed by atoms with Crippen molar-refractivity contribution in [1.82, 2.24) is 0 Å². The van der Waals surface area contributed by atoms with Gasteiger partial charge in [0.25, 0.3) is 0 Å². The fraction of sp³-hybridized carbons (Fsp3) is 0.500. The SMILES string of the molecule is O=C1CCC=C[CH]1[K]. The summed E-state index contributed by atoms with van der Waals surface area (Å²) >= 11 is 0.668. The van der Waals surface area contributed by atoms with Crippen LogP contribution in [-0.4, -0.2) is 54.7 Å². The van der Waals surface area contributed by atoms with Crippen LogP contribution in [-0.2, 0) is 4.79 Å². The van der Waals surface area contributed by atoms with Crippen LogP contribution in [0.5, 0.6) is 0 Å². The van der Waals surface area contributed by atoms with Crippen molar-refractivity contribution in [3.05, 3.63) is 12.2 Å². The number of hydrogen-bond donors (Lipinski definition) is 0. The molecule has 0 radical (unpaired) electrons. The Bertz CT molecular complexity index is 128. The molecule has 0 N–H and O–H groups in total. The van der Waals surface area contributed by atoms with Crippen LogP contribution in [0.25, 0.3) is 0 Å². The van der Waals surface area contributed by atoms with Gasteiger partial charge in [-0.2, -0.15) is 0 Å². The van der Waals surface area contributed by atoms with E-state index >= 15 is 0 Å². The molecule has 1 aliphatic rings. The van der Waals surface area contributed by atoms with Gasteiger partial charge in [-0.25, -0.2) is 0 Å². The fourth-order valence-electron chi connectivity index (χ4n) is 0.861. The second-order valence-electron chi connectivity index (χ2n) is 2.22. The topological polar surface area (TPSA) is 17.1 Å². The summed E-state index contributed by atoms with van der Waals surface area (Å²) in [7, 11) is 0. The molecule has 0 amide bonds. The zero-order chi connectivity index (χ0) is 5.98. The quantitative estimate of drug-likeness (QED) is 0.355. The molecular weight excluding hydrogens is 127 g/mol. The third-order valence-corrected chi connectivity index (χ3v) is 3.10. The summed E-state index contributed by atoms with van der Waals surface area (Å²) in [5.74, 6) is 0.465. The summed E-state index contributed by atoms with van der Waals surface area (Å²) in [4.78, 5) is 10.8. The van der Waals surface area contributed by atoms with E-state index in [1.54, 1.807) is 0 Å². The Morgan fingerprint density at radius 2 is 2.50 bits per heavy atom. The molecule has 1 rings (SSSR count). The first-order valence-corrected chi connectivity index (χ1v) is 4.80. The Hall–Kier alpha value is 1.05. The molecule has 0 saturated carbocycles. The third kappa shape index (κ3) is 1.78. The van der Waals surface area contributed by atoms with E-state index in [2.05, 4.69) is 12.2 Å². The summed E-state index contributed by atoms with van der Waals surface area (Å²) < 4.78 is 0.372. The summed E-state index contributed by atoms with van der Waals surface area (Å²) in [5, 5.41) is 0. The van der Waals surface area contributed by atoms with Crippen LogP contribution in [0.4, 0.5) is 0 Å². The summed E-state index contributed by atoms with van der Waals surface area (Å²) in [6.45, 7) is 0. The molecule has 0 aromatic carbocycles. The summed E-state index contributed by atoms with van der Waals surface area (Å²) in [6, 6.07) is 0. The van der Waals surface area contributed by atoms with Gasteiger partial charge in [0.05, 0.1) is 0 Å². The Kier molecular flexibility index (Phi) is 2.93. The normalized spacial score (nSPS) is 28.8. The first kappa shape index (κ1) is 7.16. The molecule has 0 fully saturated rings. The van der Waals surface area contributed by atoms with Gasteiger partial charge in [0.15, 0.2) is 0 Å². The number of allylic oxidation sites excluding steroid dienone is 2. The monoisotopic (exact) mass is 134 g/mol. The van der Waals surface area contributed by atoms with E-state index in [0.29, 0.717) is 54.7 Å². The van der Waals surface area contributed by atoms with Crippen LogP contribution in [0.3, 0.4) is 0 Å². The predicted octanol–water partition coefficient (Wildman–Crippen LogP) is 0.862. The first-order valence-electron chi connectivity index (χ1n) is 3.00. The van der Waals surface area contributed by atoms with Crippen molar-refractivity contribution in [3.8, 4) is 0 Å². The van der Waals surface area contributed by atoms with Gasteiger partial charge in [-0.15, -0.1) is 0 Å². The van der Waals surface area contributed by atoms with Crippen molar-refractivity contribution >= 4 is 54.7 Å². The number of rotatable bonds is 0. The van der Waals surface area contributed by atoms with Gasteiger partial charge >= 0.3 is 84.5 Å². The number of carbonyl (C=O) groups is 1. The van der Waals surface area contributed by atoms with E-state index in [9.17, 15) is 4.79 Å². The Morgan fingerprint density at radius 1 is 1.75 bits per heavy atom. The summed E-state index contributed by atoms with van der Waals surface area (Å²) in [5.41, 5.74) is 0. The van der Waals surface area contributed by atoms with E-state index in [1.807, 2.05) is 0 Å². The first-order chi connectivity index (χ1) is 3.80. The second-order valence-corrected chi connectivity index (χ2v) is 4.16. The van der Waals surface area contributed by atoms with Gasteiger partial charge in [-0.05, 0) is 0 Å². The van der Waals surface area contributed by atoms with Crippen LogP contribution in [0.2, 0.25) is 0.0125 Å². The molecule has 2 heteroatoms. The Labute approximate surface area is 83.1 Å². The molecule has 8 heavy (non-hydrogen) atoms. The maximum absolute atomic E-state index is 10.8. The van der Waals surface area contributed by atoms with Crippen molar-refractivity contribution in [3.63, 3.8) is 0 Å². The third-order valence-electron chi connectivity index (χ3n) is 1.49. The van der Waals surface area contributed by atoms with Gasteiger partial charge in [-0.3, -0.25) is 0 Å². The van der Waals surface area contributed by atoms with Crippen LogP contribution in [0.1, 0.15) is 12.8 Å². The molecule has 38 valence electrons. The predicted molar refractivity (Wildman–Crippen MR) is 32.9 cm³/mol. The molecule has 0 aromatic heterocycles. The summed E-state index contributed by atoms with van der Waals surface area (Å²) in [6.07, 6.45) is 5.96. The Morgan fingerprint density at radius 3 is 2.88 bits per heavy atom. The molecule has 1 nitrogen and oxygen atoms in total. The number of hydrogen-bond acceptors (Lipinski definition) is 1. The van der Waals surface area contributed by atoms with Crippen LogP contribution < -0.4 is 0 Å². The molecular formula is C6H7KO. The number of Topliss-reactive ketones (excluding diaryl/α,β-unsaturated/α-hetero) is 1. The van der Waals surface area contributed by atoms with Gasteiger partial charge in [0, 0.05) is 0 Å². The van der Waals surface area contributed by atoms with Crippen molar-refractivity contribution in [2.45, 2.75) is 12.9 Å². The molecule has 0 aromatic rings. The van der Waals surface area contributed by atoms with Crippen molar-refractivity contribution in [2.24, 2.45) is 0 Å². The van der Waals surface area contributed by atoms with Crippen LogP contribution in [0.15, 0.2) is 12.2 Å². The van der Waals surface area contributed by atoms with E-state index in [4.69, 9.17) is 0 Å². The van der Waals surface area contributed by atoms with Gasteiger partial charge in [-0.1, -0.05) is 0 Å². The number of ketones is 1. The van der Waals surface area contributed by atoms with Crippen molar-refractivity contribution in [2.75, 3.05) is 0 Å². The molecule has 0 aliphatic heterocycles. The molecule has 1 unspecified atom stereocenters. The van der Waals surface area contributed by atoms with Crippen molar-refractivity contribution < 1.29 is 4.79 Å². The molecule has 0 bridgehead atoms. The minimum atomic E-state index is 0.372. The average Bonchev–Trinajstić information content (AvgIpc) is 1.77. The zero-order valence-corrected chi connectivity index (χ0v) is 8.18. The fourth-order valence-corrected chi connectivity index (χ4v) is 1.74. The van der Waals surface area contributed by atoms with E-state index in [1.165, 1.54) is 0 Å². The van der Waals surface area contributed by atoms with Gasteiger partial charge < -0.3 is 0 Å². The van der Waals surface area contributed by atoms with Crippen LogP contribution >= 0.6 is 0 Å². The molecule has 1 atom stereocenters. The molecule has 0 saturated heterocycles. The van der Waals surface area contributed by atoms with Crippen molar-refractivity contribution in [1.29, 1.82) is 0 Å². The maximum atomic E-state index is 10.8. The van der Waals surface area contributed by atoms with E-state index in [0.717, 1.165) is 12.8 Å². The minimum absolute atomic E-state index is 0.372. The molecule has 1 aliphatic carbocycles. The second kappa shape index (κ2) is 3.27. The van der Waals surface area contributed by atoms with Gasteiger partial charge in [0.1, 0.15) is 0 Å². The van der Waals surface area contributed by atoms with E-state index < -0.39 is 0 Å². The number of carbonyl (C=O) groups excluding carboxylic acids is 1. The van der Waals surface area contributed by atoms with Crippen LogP contribution in [0, 0.1) is 0 Å². The van der Waals surface area contributed by atoms with Gasteiger partial charge in [0.2, 0.25) is 0 Å². The Balaban J connectivity index is 2.60. The molecule has 0 heterocycles.